The van der Waals surface area contributed by atoms with Gasteiger partial charge in [0, 0.05) is 11.5 Å². The number of carbonyl (C=O) groups is 1. The first-order valence-corrected chi connectivity index (χ1v) is 8.33. The fraction of sp³-hybridized carbons (Fsp3) is 0.375. The number of benzene rings is 1. The number of nitrogens with zero attached hydrogens (tertiary/aromatic N) is 3. The summed E-state index contributed by atoms with van der Waals surface area (Å²) >= 11 is 5.23. The Morgan fingerprint density at radius 3 is 2.62 bits per heavy atom. The monoisotopic (exact) mass is 377 g/mol. The van der Waals surface area contributed by atoms with Crippen LogP contribution in [0, 0.1) is 4.77 Å². The van der Waals surface area contributed by atoms with Crippen LogP contribution in [0.15, 0.2) is 17.2 Å². The molecule has 0 spiro atoms. The molecule has 0 bridgehead atoms. The van der Waals surface area contributed by atoms with Gasteiger partial charge in [0.2, 0.25) is 10.5 Å². The summed E-state index contributed by atoms with van der Waals surface area (Å²) in [6, 6.07) is 3.42. The standard InChI is InChI=1S/C16H19N5O4S/c1-23-11-5-9(6-12(24-2)14(11)25-8-13(17)22)7-18-21-15(10-3-4-10)19-20-16(21)26/h5-7,10H,3-4,8H2,1-2H3,(H2,17,22)(H,20,26)/b18-7-. The zero-order valence-corrected chi connectivity index (χ0v) is 15.2. The smallest absolute Gasteiger partial charge is 0.255 e. The van der Waals surface area contributed by atoms with Crippen molar-refractivity contribution in [2.45, 2.75) is 18.8 Å². The van der Waals surface area contributed by atoms with E-state index >= 15 is 0 Å². The highest BCUT2D eigenvalue weighted by molar-refractivity contribution is 7.71. The van der Waals surface area contributed by atoms with Gasteiger partial charge in [0.25, 0.3) is 5.91 Å². The Hall–Kier alpha value is -2.88. The van der Waals surface area contributed by atoms with E-state index in [2.05, 4.69) is 15.3 Å². The maximum absolute atomic E-state index is 11.0. The van der Waals surface area contributed by atoms with Gasteiger partial charge in [0.15, 0.2) is 23.9 Å². The molecule has 0 radical (unpaired) electrons. The van der Waals surface area contributed by atoms with E-state index in [0.717, 1.165) is 18.7 Å². The second-order valence-corrected chi connectivity index (χ2v) is 6.11. The van der Waals surface area contributed by atoms with Crippen molar-refractivity contribution in [3.05, 3.63) is 28.3 Å². The molecule has 0 atom stereocenters. The lowest BCUT2D eigenvalue weighted by atomic mass is 10.2. The maximum Gasteiger partial charge on any atom is 0.255 e. The molecular formula is C16H19N5O4S. The molecule has 10 heteroatoms. The van der Waals surface area contributed by atoms with Crippen molar-refractivity contribution in [1.29, 1.82) is 0 Å². The fourth-order valence-electron chi connectivity index (χ4n) is 2.41. The van der Waals surface area contributed by atoms with Crippen LogP contribution in [0.1, 0.15) is 30.1 Å². The molecule has 1 aliphatic carbocycles. The average Bonchev–Trinajstić information content (AvgIpc) is 3.41. The van der Waals surface area contributed by atoms with Crippen LogP contribution < -0.4 is 19.9 Å². The van der Waals surface area contributed by atoms with Crippen LogP contribution in [0.2, 0.25) is 0 Å². The van der Waals surface area contributed by atoms with Gasteiger partial charge in [-0.2, -0.15) is 14.9 Å². The third kappa shape index (κ3) is 3.85. The zero-order chi connectivity index (χ0) is 18.7. The van der Waals surface area contributed by atoms with E-state index in [-0.39, 0.29) is 6.61 Å². The number of ether oxygens (including phenoxy) is 3. The largest absolute Gasteiger partial charge is 0.493 e. The highest BCUT2D eigenvalue weighted by atomic mass is 32.1. The number of nitrogens with two attached hydrogens (primary N) is 1. The van der Waals surface area contributed by atoms with Crippen LogP contribution in [-0.2, 0) is 4.79 Å². The van der Waals surface area contributed by atoms with E-state index in [1.54, 1.807) is 23.0 Å². The molecule has 3 N–H and O–H groups in total. The third-order valence-corrected chi connectivity index (χ3v) is 4.05. The Labute approximate surface area is 154 Å². The number of aromatic nitrogens is 3. The number of amides is 1. The Bertz CT molecular complexity index is 875. The highest BCUT2D eigenvalue weighted by Crippen LogP contribution is 2.39. The Balaban J connectivity index is 1.92. The van der Waals surface area contributed by atoms with Crippen LogP contribution >= 0.6 is 12.2 Å². The molecule has 3 rings (SSSR count). The predicted octanol–water partition coefficient (Wildman–Crippen LogP) is 1.58. The second-order valence-electron chi connectivity index (χ2n) is 5.73. The van der Waals surface area contributed by atoms with E-state index in [0.29, 0.717) is 33.5 Å². The fourth-order valence-corrected chi connectivity index (χ4v) is 2.59. The number of hydrogen-bond donors (Lipinski definition) is 2. The molecule has 0 aliphatic heterocycles. The lowest BCUT2D eigenvalue weighted by Gasteiger charge is -2.14. The van der Waals surface area contributed by atoms with Crippen LogP contribution in [0.25, 0.3) is 0 Å². The van der Waals surface area contributed by atoms with Gasteiger partial charge in [0.1, 0.15) is 0 Å². The molecule has 1 aromatic heterocycles. The predicted molar refractivity (Wildman–Crippen MR) is 96.6 cm³/mol. The highest BCUT2D eigenvalue weighted by Gasteiger charge is 2.29. The van der Waals surface area contributed by atoms with Gasteiger partial charge in [-0.15, -0.1) is 0 Å². The summed E-state index contributed by atoms with van der Waals surface area (Å²) in [6.07, 6.45) is 3.80. The SMILES string of the molecule is COc1cc(/C=N\n2c(C3CC3)n[nH]c2=S)cc(OC)c1OCC(N)=O. The third-order valence-electron chi connectivity index (χ3n) is 3.78. The van der Waals surface area contributed by atoms with Gasteiger partial charge in [-0.05, 0) is 37.2 Å². The number of nitrogens with one attached hydrogen (secondary N) is 1. The van der Waals surface area contributed by atoms with E-state index in [9.17, 15) is 4.79 Å². The van der Waals surface area contributed by atoms with Crippen molar-refractivity contribution in [2.24, 2.45) is 10.8 Å². The summed E-state index contributed by atoms with van der Waals surface area (Å²) in [6.45, 7) is -0.283. The van der Waals surface area contributed by atoms with Gasteiger partial charge in [-0.3, -0.25) is 9.89 Å². The number of hydrogen-bond acceptors (Lipinski definition) is 7. The van der Waals surface area contributed by atoms with E-state index in [1.807, 2.05) is 0 Å². The molecule has 26 heavy (non-hydrogen) atoms. The second kappa shape index (κ2) is 7.56. The van der Waals surface area contributed by atoms with Gasteiger partial charge in [0.05, 0.1) is 20.4 Å². The first-order valence-electron chi connectivity index (χ1n) is 7.92. The first kappa shape index (κ1) is 17.9. The average molecular weight is 377 g/mol. The van der Waals surface area contributed by atoms with Gasteiger partial charge in [-0.1, -0.05) is 0 Å². The van der Waals surface area contributed by atoms with Crippen molar-refractivity contribution in [3.8, 4) is 17.2 Å². The minimum absolute atomic E-state index is 0.283. The topological polar surface area (TPSA) is 117 Å². The number of methoxy groups -OCH3 is 2. The molecular weight excluding hydrogens is 358 g/mol. The minimum atomic E-state index is -0.596. The molecule has 1 fully saturated rings. The normalized spacial score (nSPS) is 13.8. The summed E-state index contributed by atoms with van der Waals surface area (Å²) in [7, 11) is 2.98. The molecule has 1 aromatic carbocycles. The van der Waals surface area contributed by atoms with E-state index in [4.69, 9.17) is 32.2 Å². The molecule has 0 unspecified atom stereocenters. The molecule has 1 saturated carbocycles. The number of H-pyrrole nitrogens is 1. The Morgan fingerprint density at radius 2 is 2.08 bits per heavy atom. The number of rotatable bonds is 8. The molecule has 9 nitrogen and oxygen atoms in total. The Morgan fingerprint density at radius 1 is 1.42 bits per heavy atom. The summed E-state index contributed by atoms with van der Waals surface area (Å²) in [5.41, 5.74) is 5.83. The summed E-state index contributed by atoms with van der Waals surface area (Å²) in [4.78, 5) is 11.0. The lowest BCUT2D eigenvalue weighted by Crippen LogP contribution is -2.20. The van der Waals surface area contributed by atoms with Crippen LogP contribution in [-0.4, -0.2) is 47.8 Å². The number of carbonyl (C=O) groups excluding carboxylic acids is 1. The van der Waals surface area contributed by atoms with E-state index in [1.165, 1.54) is 14.2 Å². The maximum atomic E-state index is 11.0. The first-order chi connectivity index (χ1) is 12.5. The summed E-state index contributed by atoms with van der Waals surface area (Å²) in [5, 5.41) is 11.4. The molecule has 2 aromatic rings. The van der Waals surface area contributed by atoms with Gasteiger partial charge >= 0.3 is 0 Å². The van der Waals surface area contributed by atoms with Crippen molar-refractivity contribution >= 4 is 24.3 Å². The van der Waals surface area contributed by atoms with Crippen molar-refractivity contribution in [3.63, 3.8) is 0 Å². The van der Waals surface area contributed by atoms with Gasteiger partial charge in [-0.25, -0.2) is 0 Å². The van der Waals surface area contributed by atoms with Crippen LogP contribution in [0.5, 0.6) is 17.2 Å². The Kier molecular flexibility index (Phi) is 5.21. The van der Waals surface area contributed by atoms with E-state index < -0.39 is 5.91 Å². The number of aromatic amines is 1. The minimum Gasteiger partial charge on any atom is -0.493 e. The van der Waals surface area contributed by atoms with Gasteiger partial charge < -0.3 is 19.9 Å². The molecule has 1 heterocycles. The van der Waals surface area contributed by atoms with Crippen molar-refractivity contribution in [1.82, 2.24) is 14.9 Å². The van der Waals surface area contributed by atoms with Crippen LogP contribution in [0.3, 0.4) is 0 Å². The van der Waals surface area contributed by atoms with Crippen LogP contribution in [0.4, 0.5) is 0 Å². The quantitative estimate of drug-likeness (QED) is 0.533. The molecule has 1 aliphatic rings. The molecule has 138 valence electrons. The summed E-state index contributed by atoms with van der Waals surface area (Å²) in [5.74, 6) is 1.71. The van der Waals surface area contributed by atoms with Crippen molar-refractivity contribution < 1.29 is 19.0 Å². The zero-order valence-electron chi connectivity index (χ0n) is 14.4. The molecule has 0 saturated heterocycles. The lowest BCUT2D eigenvalue weighted by molar-refractivity contribution is -0.119. The van der Waals surface area contributed by atoms with Crippen molar-refractivity contribution in [2.75, 3.05) is 20.8 Å². The summed E-state index contributed by atoms with van der Waals surface area (Å²) < 4.78 is 18.1. The molecule has 1 amide bonds. The number of primary amides is 1.